The van der Waals surface area contributed by atoms with Gasteiger partial charge >= 0.3 is 0 Å². The fourth-order valence-electron chi connectivity index (χ4n) is 1.36. The van der Waals surface area contributed by atoms with Crippen molar-refractivity contribution < 1.29 is 39.2 Å². The molecule has 0 aromatic carbocycles. The molecule has 0 fully saturated rings. The van der Waals surface area contributed by atoms with Crippen LogP contribution in [0.25, 0.3) is 0 Å². The summed E-state index contributed by atoms with van der Waals surface area (Å²) in [7, 11) is 0. The Balaban J connectivity index is -0.000000120. The Morgan fingerprint density at radius 1 is 0.552 bits per heavy atom. The van der Waals surface area contributed by atoms with Crippen molar-refractivity contribution in [1.29, 1.82) is 0 Å². The van der Waals surface area contributed by atoms with E-state index in [1.807, 2.05) is 0 Å². The number of hydrogen-bond acceptors (Lipinski definition) is 8. The van der Waals surface area contributed by atoms with Gasteiger partial charge < -0.3 is 69.6 Å². The van der Waals surface area contributed by atoms with E-state index in [9.17, 15) is 0 Å². The van der Waals surface area contributed by atoms with Crippen molar-refractivity contribution in [3.63, 3.8) is 0 Å². The van der Waals surface area contributed by atoms with Crippen LogP contribution in [-0.4, -0.2) is 26.4 Å². The smallest absolute Gasteiger partial charge is 0.0563 e. The van der Waals surface area contributed by atoms with Gasteiger partial charge in [0.25, 0.3) is 0 Å². The number of rotatable bonds is 16. The van der Waals surface area contributed by atoms with Gasteiger partial charge in [-0.15, -0.1) is 0 Å². The quantitative estimate of drug-likeness (QED) is 0.0791. The maximum Gasteiger partial charge on any atom is 0.0563 e. The van der Waals surface area contributed by atoms with E-state index in [2.05, 4.69) is 27.7 Å². The largest absolute Gasteiger partial charge is 2.00 e. The summed E-state index contributed by atoms with van der Waals surface area (Å²) in [5.74, 6) is 0. The Morgan fingerprint density at radius 2 is 0.724 bits per heavy atom. The molecule has 0 atom stereocenters. The zero-order chi connectivity index (χ0) is 20.3. The third-order valence-electron chi connectivity index (χ3n) is 2.99. The van der Waals surface area contributed by atoms with Crippen molar-refractivity contribution in [3.8, 4) is 0 Å². The van der Waals surface area contributed by atoms with E-state index in [1.165, 1.54) is 0 Å². The SMILES string of the molecule is CCCCOP(=S)([S-])OCCCC.CCCCOP(=S)([S-])OCCCC.[Mo].[S-2].[S-2]. The zero-order valence-electron chi connectivity index (χ0n) is 17.9. The first kappa shape index (κ1) is 42.4. The summed E-state index contributed by atoms with van der Waals surface area (Å²) in [6.45, 7) is 11.0. The van der Waals surface area contributed by atoms with E-state index in [1.54, 1.807) is 0 Å². The van der Waals surface area contributed by atoms with Crippen LogP contribution in [0, 0.1) is 0 Å². The van der Waals surface area contributed by atoms with E-state index < -0.39 is 11.4 Å². The van der Waals surface area contributed by atoms with Gasteiger partial charge in [-0.2, -0.15) is 0 Å². The van der Waals surface area contributed by atoms with Crippen LogP contribution >= 0.6 is 11.4 Å². The Bertz CT molecular complexity index is 348. The number of hydrogen-bond donors (Lipinski definition) is 0. The molecule has 0 saturated heterocycles. The predicted molar refractivity (Wildman–Crippen MR) is 141 cm³/mol. The third-order valence-corrected chi connectivity index (χ3v) is 7.51. The topological polar surface area (TPSA) is 36.9 Å². The second-order valence-electron chi connectivity index (χ2n) is 5.64. The molecule has 0 spiro atoms. The molecule has 0 aromatic heterocycles. The number of unbranched alkanes of at least 4 members (excludes halogenated alkanes) is 4. The molecule has 4 nitrogen and oxygen atoms in total. The molecule has 0 aromatic rings. The van der Waals surface area contributed by atoms with Crippen molar-refractivity contribution >= 4 is 86.5 Å². The first-order chi connectivity index (χ1) is 12.2. The van der Waals surface area contributed by atoms with Crippen LogP contribution in [0.4, 0.5) is 0 Å². The first-order valence-corrected chi connectivity index (χ1v) is 16.7. The van der Waals surface area contributed by atoms with E-state index in [0.29, 0.717) is 26.4 Å². The molecule has 29 heavy (non-hydrogen) atoms. The molecule has 0 radical (unpaired) electrons. The van der Waals surface area contributed by atoms with E-state index in [-0.39, 0.29) is 48.1 Å². The van der Waals surface area contributed by atoms with Gasteiger partial charge in [0.15, 0.2) is 0 Å². The summed E-state index contributed by atoms with van der Waals surface area (Å²) in [5.41, 5.74) is -4.67. The normalized spacial score (nSPS) is 10.7. The molecule has 182 valence electrons. The Labute approximate surface area is 229 Å². The average molecular weight is 643 g/mol. The van der Waals surface area contributed by atoms with Crippen molar-refractivity contribution in [2.75, 3.05) is 26.4 Å². The van der Waals surface area contributed by atoms with Gasteiger partial charge in [-0.3, -0.25) is 0 Å². The van der Waals surface area contributed by atoms with Gasteiger partial charge in [0.1, 0.15) is 0 Å². The molecule has 0 aliphatic heterocycles. The monoisotopic (exact) mass is 644 g/mol. The Kier molecular flexibility index (Phi) is 42.8. The molecule has 0 unspecified atom stereocenters. The van der Waals surface area contributed by atoms with Crippen LogP contribution in [0.1, 0.15) is 79.1 Å². The standard InChI is InChI=1S/2C8H19O2PS2.Mo.2S/c2*1-3-5-7-9-11(12,13)10-8-6-4-2;;;/h2*3-8H2,1-2H3,(H,12,13);;;/q;;;2*-2/p-2. The summed E-state index contributed by atoms with van der Waals surface area (Å²) < 4.78 is 21.3. The fraction of sp³-hybridized carbons (Fsp3) is 1.00. The molecule has 13 heteroatoms. The van der Waals surface area contributed by atoms with Gasteiger partial charge in [-0.05, 0) is 25.7 Å². The third kappa shape index (κ3) is 36.0. The minimum absolute atomic E-state index is 0. The van der Waals surface area contributed by atoms with Gasteiger partial charge in [-0.1, -0.05) is 77.0 Å². The van der Waals surface area contributed by atoms with Crippen molar-refractivity contribution in [2.24, 2.45) is 0 Å². The van der Waals surface area contributed by atoms with Gasteiger partial charge in [0, 0.05) is 21.1 Å². The van der Waals surface area contributed by atoms with Crippen LogP contribution in [0.3, 0.4) is 0 Å². The van der Waals surface area contributed by atoms with Crippen molar-refractivity contribution in [2.45, 2.75) is 79.1 Å². The summed E-state index contributed by atoms with van der Waals surface area (Å²) in [6, 6.07) is 0. The minimum atomic E-state index is -2.34. The molecule has 0 saturated carbocycles. The predicted octanol–water partition coefficient (Wildman–Crippen LogP) is 6.78. The summed E-state index contributed by atoms with van der Waals surface area (Å²) in [5, 5.41) is 0. The zero-order valence-corrected chi connectivity index (χ0v) is 26.6. The maximum atomic E-state index is 5.33. The summed E-state index contributed by atoms with van der Waals surface area (Å²) >= 11 is 20.2. The molecule has 0 aliphatic rings. The maximum absolute atomic E-state index is 5.33. The van der Waals surface area contributed by atoms with Crippen LogP contribution in [0.2, 0.25) is 0 Å². The molecule has 0 heterocycles. The Hall–Kier alpha value is 3.23. The molecule has 0 amide bonds. The summed E-state index contributed by atoms with van der Waals surface area (Å²) in [4.78, 5) is 0. The second kappa shape index (κ2) is 29.3. The van der Waals surface area contributed by atoms with Crippen LogP contribution in [0.5, 0.6) is 0 Å². The van der Waals surface area contributed by atoms with Crippen LogP contribution in [-0.2, 0) is 114 Å². The van der Waals surface area contributed by atoms with Crippen molar-refractivity contribution in [1.82, 2.24) is 0 Å². The minimum Gasteiger partial charge on any atom is -2.00 e. The molecule has 0 rings (SSSR count). The van der Waals surface area contributed by atoms with Crippen molar-refractivity contribution in [3.05, 3.63) is 0 Å². The molecule has 0 N–H and O–H groups in total. The fourth-order valence-corrected chi connectivity index (χ4v) is 4.71. The Morgan fingerprint density at radius 3 is 0.862 bits per heavy atom. The van der Waals surface area contributed by atoms with Gasteiger partial charge in [0.05, 0.1) is 37.8 Å². The molecule has 0 bridgehead atoms. The molecular formula is C16H36MoO4P2S6-6. The second-order valence-corrected chi connectivity index (χ2v) is 15.6. The average Bonchev–Trinajstić information content (AvgIpc) is 2.56. The van der Waals surface area contributed by atoms with E-state index >= 15 is 0 Å². The van der Waals surface area contributed by atoms with E-state index in [4.69, 9.17) is 66.2 Å². The summed E-state index contributed by atoms with van der Waals surface area (Å²) in [6.07, 6.45) is 8.41. The molecular weight excluding hydrogens is 606 g/mol. The van der Waals surface area contributed by atoms with Gasteiger partial charge in [-0.25, -0.2) is 0 Å². The van der Waals surface area contributed by atoms with Crippen LogP contribution < -0.4 is 0 Å². The molecule has 0 aliphatic carbocycles. The van der Waals surface area contributed by atoms with Crippen LogP contribution in [0.15, 0.2) is 0 Å². The van der Waals surface area contributed by atoms with Gasteiger partial charge in [0.2, 0.25) is 0 Å². The first-order valence-electron chi connectivity index (χ1n) is 9.44. The van der Waals surface area contributed by atoms with E-state index in [0.717, 1.165) is 51.4 Å².